The summed E-state index contributed by atoms with van der Waals surface area (Å²) in [6, 6.07) is 0. The van der Waals surface area contributed by atoms with Crippen molar-refractivity contribution in [2.45, 2.75) is 51.4 Å². The third-order valence-electron chi connectivity index (χ3n) is 2.88. The van der Waals surface area contributed by atoms with E-state index < -0.39 is 11.8 Å². The molecule has 0 rings (SSSR count). The first-order valence-corrected chi connectivity index (χ1v) is 8.30. The van der Waals surface area contributed by atoms with Crippen LogP contribution in [-0.2, 0) is 9.59 Å². The lowest BCUT2D eigenvalue weighted by Gasteiger charge is -2.10. The molecule has 6 heteroatoms. The number of halogens is 2. The number of carbonyl (C=O) groups is 2. The summed E-state index contributed by atoms with van der Waals surface area (Å²) in [6.45, 7) is 0. The summed E-state index contributed by atoms with van der Waals surface area (Å²) in [5.41, 5.74) is 5.18. The number of amides is 2. The van der Waals surface area contributed by atoms with Gasteiger partial charge in [0.25, 0.3) is 0 Å². The first kappa shape index (κ1) is 17.9. The number of hydrogen-bond donors (Lipinski definition) is 2. The molecular formula is C12H22Br2N2O2. The van der Waals surface area contributed by atoms with Crippen LogP contribution in [0, 0.1) is 5.92 Å². The average molecular weight is 386 g/mol. The zero-order valence-electron chi connectivity index (χ0n) is 10.6. The summed E-state index contributed by atoms with van der Waals surface area (Å²) in [6.07, 6.45) is 8.58. The highest BCUT2D eigenvalue weighted by atomic mass is 79.9. The van der Waals surface area contributed by atoms with E-state index in [-0.39, 0.29) is 5.91 Å². The number of primary amides is 1. The smallest absolute Gasteiger partial charge is 0.242 e. The second-order valence-electron chi connectivity index (χ2n) is 4.37. The number of carbonyl (C=O) groups excluding carboxylic acids is 2. The molecule has 106 valence electrons. The van der Waals surface area contributed by atoms with Crippen LogP contribution in [0.2, 0.25) is 0 Å². The fourth-order valence-corrected chi connectivity index (χ4v) is 2.47. The van der Waals surface area contributed by atoms with Crippen molar-refractivity contribution in [3.05, 3.63) is 0 Å². The highest BCUT2D eigenvalue weighted by Gasteiger charge is 2.22. The quantitative estimate of drug-likeness (QED) is 0.248. The Labute approximate surface area is 126 Å². The molecule has 0 aliphatic heterocycles. The molecule has 3 N–H and O–H groups in total. The van der Waals surface area contributed by atoms with Crippen LogP contribution in [-0.4, -0.2) is 17.1 Å². The monoisotopic (exact) mass is 384 g/mol. The summed E-state index contributed by atoms with van der Waals surface area (Å²) in [7, 11) is 0. The van der Waals surface area contributed by atoms with Gasteiger partial charge in [-0.05, 0) is 12.8 Å². The predicted octanol–water partition coefficient (Wildman–Crippen LogP) is 3.03. The van der Waals surface area contributed by atoms with Gasteiger partial charge in [0.1, 0.15) is 5.92 Å². The lowest BCUT2D eigenvalue weighted by atomic mass is 9.99. The largest absolute Gasteiger partial charge is 0.369 e. The van der Waals surface area contributed by atoms with E-state index >= 15 is 0 Å². The summed E-state index contributed by atoms with van der Waals surface area (Å²) in [5, 5.41) is 1.08. The first-order valence-electron chi connectivity index (χ1n) is 6.39. The number of hydrogen-bond acceptors (Lipinski definition) is 2. The molecule has 2 amide bonds. The van der Waals surface area contributed by atoms with Crippen molar-refractivity contribution >= 4 is 43.9 Å². The van der Waals surface area contributed by atoms with Gasteiger partial charge in [-0.2, -0.15) is 0 Å². The Morgan fingerprint density at radius 2 is 1.50 bits per heavy atom. The third kappa shape index (κ3) is 8.91. The van der Waals surface area contributed by atoms with Gasteiger partial charge in [-0.3, -0.25) is 13.9 Å². The minimum Gasteiger partial charge on any atom is -0.369 e. The Morgan fingerprint density at radius 1 is 1.00 bits per heavy atom. The lowest BCUT2D eigenvalue weighted by Crippen LogP contribution is -2.34. The molecule has 1 unspecified atom stereocenters. The van der Waals surface area contributed by atoms with Crippen molar-refractivity contribution in [2.75, 3.05) is 5.33 Å². The van der Waals surface area contributed by atoms with Gasteiger partial charge in [-0.25, -0.2) is 0 Å². The molecule has 1 atom stereocenters. The zero-order chi connectivity index (χ0) is 13.8. The Kier molecular flexibility index (Phi) is 11.9. The van der Waals surface area contributed by atoms with E-state index in [1.165, 1.54) is 25.7 Å². The van der Waals surface area contributed by atoms with E-state index in [1.54, 1.807) is 0 Å². The van der Waals surface area contributed by atoms with Crippen LogP contribution in [0.15, 0.2) is 0 Å². The van der Waals surface area contributed by atoms with Gasteiger partial charge in [0.05, 0.1) is 0 Å². The van der Waals surface area contributed by atoms with Gasteiger partial charge in [0.15, 0.2) is 0 Å². The summed E-state index contributed by atoms with van der Waals surface area (Å²) < 4.78 is 2.29. The molecule has 0 saturated carbocycles. The van der Waals surface area contributed by atoms with Crippen molar-refractivity contribution in [3.8, 4) is 0 Å². The maximum absolute atomic E-state index is 11.3. The van der Waals surface area contributed by atoms with E-state index in [4.69, 9.17) is 5.73 Å². The van der Waals surface area contributed by atoms with Crippen molar-refractivity contribution in [2.24, 2.45) is 11.7 Å². The Hall–Kier alpha value is -0.100. The number of unbranched alkanes of at least 4 members (excludes halogenated alkanes) is 6. The van der Waals surface area contributed by atoms with Crippen LogP contribution in [0.4, 0.5) is 0 Å². The van der Waals surface area contributed by atoms with Gasteiger partial charge in [0, 0.05) is 21.5 Å². The molecule has 0 radical (unpaired) electrons. The van der Waals surface area contributed by atoms with E-state index in [0.29, 0.717) is 6.42 Å². The van der Waals surface area contributed by atoms with Crippen LogP contribution in [0.3, 0.4) is 0 Å². The van der Waals surface area contributed by atoms with Gasteiger partial charge >= 0.3 is 0 Å². The van der Waals surface area contributed by atoms with E-state index in [0.717, 1.165) is 24.6 Å². The lowest BCUT2D eigenvalue weighted by molar-refractivity contribution is -0.132. The molecule has 0 spiro atoms. The second kappa shape index (κ2) is 12.0. The van der Waals surface area contributed by atoms with Crippen LogP contribution in [0.5, 0.6) is 0 Å². The summed E-state index contributed by atoms with van der Waals surface area (Å²) in [5.74, 6) is -1.61. The first-order chi connectivity index (χ1) is 8.63. The molecular weight excluding hydrogens is 364 g/mol. The van der Waals surface area contributed by atoms with Crippen molar-refractivity contribution in [1.29, 1.82) is 0 Å². The molecule has 0 aromatic rings. The van der Waals surface area contributed by atoms with Gasteiger partial charge in [0.2, 0.25) is 11.8 Å². The van der Waals surface area contributed by atoms with Crippen LogP contribution in [0.1, 0.15) is 51.4 Å². The summed E-state index contributed by atoms with van der Waals surface area (Å²) in [4.78, 5) is 22.4. The highest BCUT2D eigenvalue weighted by molar-refractivity contribution is 9.09. The van der Waals surface area contributed by atoms with E-state index in [2.05, 4.69) is 36.4 Å². The van der Waals surface area contributed by atoms with Crippen molar-refractivity contribution in [1.82, 2.24) is 4.34 Å². The Bertz CT molecular complexity index is 250. The number of nitrogens with one attached hydrogen (secondary N) is 1. The number of alkyl halides is 1. The van der Waals surface area contributed by atoms with Crippen LogP contribution < -0.4 is 10.1 Å². The molecule has 4 nitrogen and oxygen atoms in total. The molecule has 0 saturated heterocycles. The molecule has 0 aromatic carbocycles. The molecule has 0 fully saturated rings. The molecule has 0 aliphatic rings. The van der Waals surface area contributed by atoms with Gasteiger partial charge in [-0.1, -0.05) is 54.5 Å². The van der Waals surface area contributed by atoms with Crippen molar-refractivity contribution in [3.63, 3.8) is 0 Å². The average Bonchev–Trinajstić information content (AvgIpc) is 2.35. The van der Waals surface area contributed by atoms with E-state index in [9.17, 15) is 9.59 Å². The summed E-state index contributed by atoms with van der Waals surface area (Å²) >= 11 is 6.24. The fourth-order valence-electron chi connectivity index (χ4n) is 1.80. The molecule has 0 heterocycles. The highest BCUT2D eigenvalue weighted by Crippen LogP contribution is 2.13. The third-order valence-corrected chi connectivity index (χ3v) is 3.83. The van der Waals surface area contributed by atoms with Crippen LogP contribution >= 0.6 is 32.1 Å². The molecule has 0 bridgehead atoms. The Morgan fingerprint density at radius 3 is 1.94 bits per heavy atom. The zero-order valence-corrected chi connectivity index (χ0v) is 13.8. The second-order valence-corrected chi connectivity index (χ2v) is 5.56. The predicted molar refractivity (Wildman–Crippen MR) is 80.5 cm³/mol. The molecule has 18 heavy (non-hydrogen) atoms. The van der Waals surface area contributed by atoms with E-state index in [1.807, 2.05) is 0 Å². The van der Waals surface area contributed by atoms with Gasteiger partial charge < -0.3 is 5.73 Å². The van der Waals surface area contributed by atoms with Crippen LogP contribution in [0.25, 0.3) is 0 Å². The SMILES string of the molecule is NC(=O)C(CCCCCCCCCBr)C(=O)NBr. The maximum Gasteiger partial charge on any atom is 0.242 e. The minimum atomic E-state index is -0.710. The minimum absolute atomic E-state index is 0.347. The topological polar surface area (TPSA) is 72.2 Å². The fraction of sp³-hybridized carbons (Fsp3) is 0.833. The number of rotatable bonds is 11. The Balaban J connectivity index is 3.56. The molecule has 0 aromatic heterocycles. The molecule has 0 aliphatic carbocycles. The standard InChI is InChI=1S/C12H22Br2N2O2/c13-9-7-5-3-1-2-4-6-8-10(11(15)17)12(18)16-14/h10H,1-9H2,(H2,15,17)(H,16,18). The van der Waals surface area contributed by atoms with Gasteiger partial charge in [-0.15, -0.1) is 0 Å². The number of nitrogens with two attached hydrogens (primary N) is 1. The van der Waals surface area contributed by atoms with Crippen molar-refractivity contribution < 1.29 is 9.59 Å². The maximum atomic E-state index is 11.3. The normalized spacial score (nSPS) is 12.1.